The first-order valence-electron chi connectivity index (χ1n) is 10.3. The molecule has 3 amide bonds. The van der Waals surface area contributed by atoms with Crippen LogP contribution in [0.5, 0.6) is 0 Å². The second-order valence-corrected chi connectivity index (χ2v) is 8.06. The highest BCUT2D eigenvalue weighted by Crippen LogP contribution is 2.52. The fourth-order valence-electron chi connectivity index (χ4n) is 4.84. The number of carbonyl (C=O) groups excluding carboxylic acids is 3. The van der Waals surface area contributed by atoms with Crippen molar-refractivity contribution in [3.05, 3.63) is 42.0 Å². The first-order chi connectivity index (χ1) is 14.5. The highest BCUT2D eigenvalue weighted by molar-refractivity contribution is 6.06. The minimum atomic E-state index is -0.152. The normalized spacial score (nSPS) is 26.9. The zero-order valence-corrected chi connectivity index (χ0v) is 17.2. The van der Waals surface area contributed by atoms with Gasteiger partial charge in [-0.15, -0.1) is 0 Å². The Labute approximate surface area is 175 Å². The largest absolute Gasteiger partial charge is 0.355 e. The second-order valence-electron chi connectivity index (χ2n) is 8.06. The number of allylic oxidation sites excluding steroid dienone is 2. The molecule has 0 aromatic heterocycles. The average molecular weight is 409 g/mol. The Balaban J connectivity index is 1.26. The Kier molecular flexibility index (Phi) is 5.57. The van der Waals surface area contributed by atoms with E-state index in [1.165, 1.54) is 11.8 Å². The van der Waals surface area contributed by atoms with E-state index in [1.54, 1.807) is 7.05 Å². The Morgan fingerprint density at radius 1 is 1.13 bits per heavy atom. The molecule has 1 heterocycles. The number of nitrogens with zero attached hydrogens (tertiary/aromatic N) is 2. The van der Waals surface area contributed by atoms with Crippen LogP contribution in [-0.4, -0.2) is 48.7 Å². The van der Waals surface area contributed by atoms with Crippen LogP contribution in [-0.2, 0) is 20.9 Å². The molecular weight excluding hydrogens is 382 g/mol. The monoisotopic (exact) mass is 409 g/mol. The van der Waals surface area contributed by atoms with Gasteiger partial charge in [0.2, 0.25) is 17.7 Å². The molecule has 1 saturated carbocycles. The lowest BCUT2D eigenvalue weighted by molar-refractivity contribution is -0.140. The van der Waals surface area contributed by atoms with Crippen molar-refractivity contribution in [1.29, 1.82) is 0 Å². The number of aliphatic imine (C=N–C) groups is 1. The quantitative estimate of drug-likeness (QED) is 0.283. The molecule has 2 aliphatic carbocycles. The molecule has 1 aromatic rings. The van der Waals surface area contributed by atoms with Crippen LogP contribution in [0.25, 0.3) is 0 Å². The van der Waals surface area contributed by atoms with Gasteiger partial charge in [-0.1, -0.05) is 24.3 Å². The molecule has 4 rings (SSSR count). The Morgan fingerprint density at radius 2 is 1.83 bits per heavy atom. The molecule has 0 radical (unpaired) electrons. The van der Waals surface area contributed by atoms with Gasteiger partial charge in [-0.05, 0) is 36.0 Å². The molecule has 8 heteroatoms. The van der Waals surface area contributed by atoms with Gasteiger partial charge in [0.1, 0.15) is 0 Å². The fourth-order valence-corrected chi connectivity index (χ4v) is 4.84. The predicted molar refractivity (Wildman–Crippen MR) is 113 cm³/mol. The lowest BCUT2D eigenvalue weighted by atomic mass is 9.85. The van der Waals surface area contributed by atoms with Gasteiger partial charge in [-0.3, -0.25) is 24.3 Å². The Morgan fingerprint density at radius 3 is 2.47 bits per heavy atom. The summed E-state index contributed by atoms with van der Waals surface area (Å²) >= 11 is 0. The highest BCUT2D eigenvalue weighted by atomic mass is 16.2. The topological polar surface area (TPSA) is 103 Å². The van der Waals surface area contributed by atoms with Gasteiger partial charge in [0, 0.05) is 39.3 Å². The average Bonchev–Trinajstić information content (AvgIpc) is 3.39. The summed E-state index contributed by atoms with van der Waals surface area (Å²) < 4.78 is 0. The van der Waals surface area contributed by atoms with Crippen molar-refractivity contribution in [2.24, 2.45) is 28.7 Å². The maximum atomic E-state index is 12.7. The summed E-state index contributed by atoms with van der Waals surface area (Å²) in [5, 5.41) is 9.13. The number of amides is 3. The minimum Gasteiger partial charge on any atom is -0.355 e. The van der Waals surface area contributed by atoms with Crippen LogP contribution >= 0.6 is 0 Å². The lowest BCUT2D eigenvalue weighted by Gasteiger charge is -2.18. The number of fused-ring (bicyclic) bond motifs is 5. The molecule has 1 saturated heterocycles. The molecular formula is C22H27N5O3. The van der Waals surface area contributed by atoms with Gasteiger partial charge in [0.25, 0.3) is 0 Å². The molecule has 2 fully saturated rings. The first-order valence-corrected chi connectivity index (χ1v) is 10.3. The van der Waals surface area contributed by atoms with Crippen LogP contribution in [0.3, 0.4) is 0 Å². The standard InChI is InChI=1S/C22H27N5O3/c1-13(28)26-17-5-3-4-14(10-17)12-25-22(23-2)24-8-9-27-20(29)18-15-6-7-16(11-15)19(18)21(27)30/h3-7,10,15-16,18-19H,8-9,11-12H2,1-2H3,(H,26,28)(H2,23,24,25). The molecule has 158 valence electrons. The highest BCUT2D eigenvalue weighted by Gasteiger charge is 2.58. The number of guanidine groups is 1. The molecule has 4 unspecified atom stereocenters. The number of nitrogens with one attached hydrogen (secondary N) is 3. The number of rotatable bonds is 6. The van der Waals surface area contributed by atoms with Gasteiger partial charge in [0.15, 0.2) is 5.96 Å². The molecule has 3 aliphatic rings. The SMILES string of the molecule is CN=C(NCCN1C(=O)C2C3C=CC(C3)C2C1=O)NCc1cccc(NC(C)=O)c1. The summed E-state index contributed by atoms with van der Waals surface area (Å²) in [6.07, 6.45) is 5.15. The van der Waals surface area contributed by atoms with E-state index in [9.17, 15) is 14.4 Å². The van der Waals surface area contributed by atoms with Gasteiger partial charge < -0.3 is 16.0 Å². The molecule has 1 aliphatic heterocycles. The molecule has 8 nitrogen and oxygen atoms in total. The number of likely N-dealkylation sites (tertiary alicyclic amines) is 1. The number of anilines is 1. The van der Waals surface area contributed by atoms with Crippen molar-refractivity contribution >= 4 is 29.4 Å². The van der Waals surface area contributed by atoms with Crippen LogP contribution < -0.4 is 16.0 Å². The zero-order chi connectivity index (χ0) is 21.3. The van der Waals surface area contributed by atoms with Crippen LogP contribution in [0.15, 0.2) is 41.4 Å². The van der Waals surface area contributed by atoms with Crippen LogP contribution in [0.4, 0.5) is 5.69 Å². The number of hydrogen-bond donors (Lipinski definition) is 3. The van der Waals surface area contributed by atoms with Crippen LogP contribution in [0.1, 0.15) is 18.9 Å². The maximum Gasteiger partial charge on any atom is 0.233 e. The summed E-state index contributed by atoms with van der Waals surface area (Å²) in [6.45, 7) is 2.77. The first kappa shape index (κ1) is 20.1. The van der Waals surface area contributed by atoms with E-state index in [2.05, 4.69) is 33.1 Å². The van der Waals surface area contributed by atoms with Gasteiger partial charge >= 0.3 is 0 Å². The summed E-state index contributed by atoms with van der Waals surface area (Å²) in [4.78, 5) is 42.2. The van der Waals surface area contributed by atoms with Crippen molar-refractivity contribution in [3.63, 3.8) is 0 Å². The summed E-state index contributed by atoms with van der Waals surface area (Å²) in [5.41, 5.74) is 1.73. The molecule has 0 spiro atoms. The Hall–Kier alpha value is -3.16. The van der Waals surface area contributed by atoms with Crippen molar-refractivity contribution in [1.82, 2.24) is 15.5 Å². The van der Waals surface area contributed by atoms with E-state index in [4.69, 9.17) is 0 Å². The maximum absolute atomic E-state index is 12.7. The van der Waals surface area contributed by atoms with Crippen molar-refractivity contribution < 1.29 is 14.4 Å². The third-order valence-corrected chi connectivity index (χ3v) is 6.12. The zero-order valence-electron chi connectivity index (χ0n) is 17.2. The molecule has 3 N–H and O–H groups in total. The van der Waals surface area contributed by atoms with E-state index in [1.807, 2.05) is 24.3 Å². The molecule has 1 aromatic carbocycles. The number of imide groups is 1. The summed E-state index contributed by atoms with van der Waals surface area (Å²) in [5.74, 6) is 0.580. The third kappa shape index (κ3) is 3.81. The van der Waals surface area contributed by atoms with Crippen LogP contribution in [0.2, 0.25) is 0 Å². The van der Waals surface area contributed by atoms with E-state index in [0.717, 1.165) is 17.7 Å². The van der Waals surface area contributed by atoms with Gasteiger partial charge in [0.05, 0.1) is 11.8 Å². The molecule has 4 atom stereocenters. The fraction of sp³-hybridized carbons (Fsp3) is 0.455. The minimum absolute atomic E-state index is 0.0265. The number of carbonyl (C=O) groups is 3. The lowest BCUT2D eigenvalue weighted by Crippen LogP contribution is -2.43. The Bertz CT molecular complexity index is 895. The van der Waals surface area contributed by atoms with Gasteiger partial charge in [-0.25, -0.2) is 0 Å². The van der Waals surface area contributed by atoms with Crippen molar-refractivity contribution in [2.45, 2.75) is 19.9 Å². The number of hydrogen-bond acceptors (Lipinski definition) is 4. The summed E-state index contributed by atoms with van der Waals surface area (Å²) in [7, 11) is 1.67. The summed E-state index contributed by atoms with van der Waals surface area (Å²) in [6, 6.07) is 7.56. The predicted octanol–water partition coefficient (Wildman–Crippen LogP) is 1.12. The molecule has 30 heavy (non-hydrogen) atoms. The van der Waals surface area contributed by atoms with Gasteiger partial charge in [-0.2, -0.15) is 0 Å². The molecule has 2 bridgehead atoms. The van der Waals surface area contributed by atoms with E-state index in [0.29, 0.717) is 25.6 Å². The third-order valence-electron chi connectivity index (χ3n) is 6.12. The number of benzene rings is 1. The van der Waals surface area contributed by atoms with E-state index in [-0.39, 0.29) is 41.4 Å². The second kappa shape index (κ2) is 8.30. The van der Waals surface area contributed by atoms with Crippen molar-refractivity contribution in [2.75, 3.05) is 25.5 Å². The van der Waals surface area contributed by atoms with E-state index < -0.39 is 0 Å². The van der Waals surface area contributed by atoms with E-state index >= 15 is 0 Å². The van der Waals surface area contributed by atoms with Crippen molar-refractivity contribution in [3.8, 4) is 0 Å². The van der Waals surface area contributed by atoms with Crippen LogP contribution in [0, 0.1) is 23.7 Å². The smallest absolute Gasteiger partial charge is 0.233 e.